The van der Waals surface area contributed by atoms with E-state index >= 15 is 0 Å². The maximum atomic E-state index is 5.43. The Bertz CT molecular complexity index is 222. The Morgan fingerprint density at radius 3 is 3.00 bits per heavy atom. The molecule has 62 valence electrons. The van der Waals surface area contributed by atoms with Gasteiger partial charge in [0.1, 0.15) is 5.76 Å². The first-order valence-corrected chi connectivity index (χ1v) is 3.48. The van der Waals surface area contributed by atoms with Crippen molar-refractivity contribution in [3.63, 3.8) is 0 Å². The number of methoxy groups -OCH3 is 1. The number of hydrogen-bond acceptors (Lipinski definition) is 4. The molecule has 0 radical (unpaired) electrons. The topological polar surface area (TPSA) is 61.3 Å². The fraction of sp³-hybridized carbons (Fsp3) is 0.571. The maximum absolute atomic E-state index is 5.43. The lowest BCUT2D eigenvalue weighted by Crippen LogP contribution is -2.07. The van der Waals surface area contributed by atoms with Gasteiger partial charge in [-0.05, 0) is 5.16 Å². The smallest absolute Gasteiger partial charge is 0.254 e. The fourth-order valence-corrected chi connectivity index (χ4v) is 0.717. The Morgan fingerprint density at radius 2 is 2.55 bits per heavy atom. The van der Waals surface area contributed by atoms with E-state index in [1.807, 2.05) is 6.92 Å². The van der Waals surface area contributed by atoms with Crippen molar-refractivity contribution in [1.29, 1.82) is 0 Å². The highest BCUT2D eigenvalue weighted by Crippen LogP contribution is 2.18. The molecule has 1 rings (SSSR count). The molecule has 1 unspecified atom stereocenters. The number of hydrogen-bond donors (Lipinski definition) is 1. The van der Waals surface area contributed by atoms with Crippen LogP contribution in [0.15, 0.2) is 10.6 Å². The molecule has 0 saturated heterocycles. The summed E-state index contributed by atoms with van der Waals surface area (Å²) in [5.41, 5.74) is 5.43. The van der Waals surface area contributed by atoms with E-state index in [0.29, 0.717) is 12.4 Å². The molecule has 4 nitrogen and oxygen atoms in total. The van der Waals surface area contributed by atoms with Crippen molar-refractivity contribution < 1.29 is 9.26 Å². The van der Waals surface area contributed by atoms with Crippen LogP contribution in [0.1, 0.15) is 18.6 Å². The summed E-state index contributed by atoms with van der Waals surface area (Å²) in [6.07, 6.45) is 0. The van der Waals surface area contributed by atoms with Crippen molar-refractivity contribution in [2.45, 2.75) is 12.8 Å². The summed E-state index contributed by atoms with van der Waals surface area (Å²) >= 11 is 0. The van der Waals surface area contributed by atoms with Crippen LogP contribution in [0.4, 0.5) is 0 Å². The molecule has 0 amide bonds. The van der Waals surface area contributed by atoms with Crippen molar-refractivity contribution >= 4 is 0 Å². The van der Waals surface area contributed by atoms with Gasteiger partial charge in [-0.25, -0.2) is 0 Å². The van der Waals surface area contributed by atoms with Crippen LogP contribution < -0.4 is 10.5 Å². The average Bonchev–Trinajstić information content (AvgIpc) is 2.50. The maximum Gasteiger partial charge on any atom is 0.254 e. The van der Waals surface area contributed by atoms with Gasteiger partial charge in [-0.3, -0.25) is 0 Å². The summed E-state index contributed by atoms with van der Waals surface area (Å²) in [4.78, 5) is 0. The lowest BCUT2D eigenvalue weighted by Gasteiger charge is -1.99. The minimum atomic E-state index is 0.200. The van der Waals surface area contributed by atoms with Crippen LogP contribution in [0.2, 0.25) is 0 Å². The summed E-state index contributed by atoms with van der Waals surface area (Å²) in [7, 11) is 1.55. The predicted molar refractivity (Wildman–Crippen MR) is 40.5 cm³/mol. The number of rotatable bonds is 3. The second-order valence-electron chi connectivity index (χ2n) is 2.41. The van der Waals surface area contributed by atoms with Gasteiger partial charge < -0.3 is 15.0 Å². The molecule has 0 saturated carbocycles. The van der Waals surface area contributed by atoms with Crippen molar-refractivity contribution in [3.05, 3.63) is 11.8 Å². The van der Waals surface area contributed by atoms with E-state index in [0.717, 1.165) is 5.76 Å². The number of ether oxygens (including phenoxy) is 1. The van der Waals surface area contributed by atoms with Gasteiger partial charge in [-0.15, -0.1) is 0 Å². The van der Waals surface area contributed by atoms with Gasteiger partial charge in [0.05, 0.1) is 7.11 Å². The first-order valence-electron chi connectivity index (χ1n) is 3.48. The standard InChI is InChI=1S/C7H12N2O2/c1-5(4-8)6-3-7(10-2)9-11-6/h3,5H,4,8H2,1-2H3. The molecule has 0 aliphatic rings. The molecule has 1 aromatic heterocycles. The molecular formula is C7H12N2O2. The summed E-state index contributed by atoms with van der Waals surface area (Å²) in [6.45, 7) is 2.53. The molecule has 0 aliphatic heterocycles. The summed E-state index contributed by atoms with van der Waals surface area (Å²) in [5.74, 6) is 1.47. The van der Waals surface area contributed by atoms with Gasteiger partial charge in [-0.1, -0.05) is 6.92 Å². The van der Waals surface area contributed by atoms with E-state index in [4.69, 9.17) is 15.0 Å². The molecule has 11 heavy (non-hydrogen) atoms. The molecule has 4 heteroatoms. The summed E-state index contributed by atoms with van der Waals surface area (Å²) < 4.78 is 9.80. The molecule has 1 aromatic rings. The van der Waals surface area contributed by atoms with Crippen molar-refractivity contribution in [2.24, 2.45) is 5.73 Å². The van der Waals surface area contributed by atoms with Crippen molar-refractivity contribution in [1.82, 2.24) is 5.16 Å². The van der Waals surface area contributed by atoms with Gasteiger partial charge >= 0.3 is 0 Å². The Labute approximate surface area is 65.3 Å². The van der Waals surface area contributed by atoms with E-state index in [1.54, 1.807) is 13.2 Å². The first-order chi connectivity index (χ1) is 5.27. The molecule has 1 atom stereocenters. The largest absolute Gasteiger partial charge is 0.479 e. The van der Waals surface area contributed by atoms with Crippen LogP contribution in [-0.2, 0) is 0 Å². The van der Waals surface area contributed by atoms with E-state index in [2.05, 4.69) is 5.16 Å². The highest BCUT2D eigenvalue weighted by molar-refractivity contribution is 5.13. The minimum Gasteiger partial charge on any atom is -0.479 e. The van der Waals surface area contributed by atoms with Crippen LogP contribution in [0.5, 0.6) is 5.88 Å². The molecular weight excluding hydrogens is 144 g/mol. The zero-order valence-corrected chi connectivity index (χ0v) is 6.70. The Kier molecular flexibility index (Phi) is 2.48. The monoisotopic (exact) mass is 156 g/mol. The highest BCUT2D eigenvalue weighted by atomic mass is 16.5. The summed E-state index contributed by atoms with van der Waals surface area (Å²) in [5, 5.41) is 3.65. The van der Waals surface area contributed by atoms with Crippen molar-refractivity contribution in [3.8, 4) is 5.88 Å². The zero-order valence-electron chi connectivity index (χ0n) is 6.70. The zero-order chi connectivity index (χ0) is 8.27. The van der Waals surface area contributed by atoms with Crippen LogP contribution in [0.3, 0.4) is 0 Å². The quantitative estimate of drug-likeness (QED) is 0.701. The second-order valence-corrected chi connectivity index (χ2v) is 2.41. The minimum absolute atomic E-state index is 0.200. The number of nitrogens with two attached hydrogens (primary N) is 1. The SMILES string of the molecule is COc1cc(C(C)CN)on1. The van der Waals surface area contributed by atoms with Gasteiger partial charge in [0.15, 0.2) is 0 Å². The molecule has 0 aromatic carbocycles. The van der Waals surface area contributed by atoms with Gasteiger partial charge in [0.25, 0.3) is 5.88 Å². The van der Waals surface area contributed by atoms with E-state index < -0.39 is 0 Å². The van der Waals surface area contributed by atoms with Gasteiger partial charge in [-0.2, -0.15) is 0 Å². The van der Waals surface area contributed by atoms with Gasteiger partial charge in [0.2, 0.25) is 0 Å². The fourth-order valence-electron chi connectivity index (χ4n) is 0.717. The van der Waals surface area contributed by atoms with Crippen LogP contribution in [0.25, 0.3) is 0 Å². The first kappa shape index (κ1) is 8.07. The third kappa shape index (κ3) is 1.71. The third-order valence-electron chi connectivity index (χ3n) is 1.56. The number of nitrogens with zero attached hydrogens (tertiary/aromatic N) is 1. The van der Waals surface area contributed by atoms with Gasteiger partial charge in [0, 0.05) is 18.5 Å². The average molecular weight is 156 g/mol. The lowest BCUT2D eigenvalue weighted by atomic mass is 10.1. The Hall–Kier alpha value is -1.03. The molecule has 0 spiro atoms. The molecule has 0 bridgehead atoms. The molecule has 1 heterocycles. The van der Waals surface area contributed by atoms with E-state index in [1.165, 1.54) is 0 Å². The van der Waals surface area contributed by atoms with Crippen LogP contribution >= 0.6 is 0 Å². The lowest BCUT2D eigenvalue weighted by molar-refractivity contribution is 0.320. The van der Waals surface area contributed by atoms with E-state index in [9.17, 15) is 0 Å². The van der Waals surface area contributed by atoms with Crippen LogP contribution in [-0.4, -0.2) is 18.8 Å². The third-order valence-corrected chi connectivity index (χ3v) is 1.56. The molecule has 2 N–H and O–H groups in total. The Morgan fingerprint density at radius 1 is 1.82 bits per heavy atom. The summed E-state index contributed by atoms with van der Waals surface area (Å²) in [6, 6.07) is 1.75. The second kappa shape index (κ2) is 3.39. The molecule has 0 fully saturated rings. The van der Waals surface area contributed by atoms with Crippen LogP contribution in [0, 0.1) is 0 Å². The highest BCUT2D eigenvalue weighted by Gasteiger charge is 2.09. The number of aromatic nitrogens is 1. The van der Waals surface area contributed by atoms with Crippen molar-refractivity contribution in [2.75, 3.05) is 13.7 Å². The normalized spacial score (nSPS) is 13.0. The molecule has 0 aliphatic carbocycles. The van der Waals surface area contributed by atoms with E-state index in [-0.39, 0.29) is 5.92 Å². The Balaban J connectivity index is 2.71. The predicted octanol–water partition coefficient (Wildman–Crippen LogP) is 0.745.